The van der Waals surface area contributed by atoms with E-state index in [9.17, 15) is 18.0 Å². The van der Waals surface area contributed by atoms with Gasteiger partial charge in [-0.15, -0.1) is 0 Å². The number of hydrogen-bond acceptors (Lipinski definition) is 6. The lowest BCUT2D eigenvalue weighted by Crippen LogP contribution is -2.49. The number of rotatable bonds is 3. The average Bonchev–Trinajstić information content (AvgIpc) is 2.47. The van der Waals surface area contributed by atoms with Crippen LogP contribution in [-0.2, 0) is 24.3 Å². The Balaban J connectivity index is 2.29. The molecule has 9 heteroatoms. The van der Waals surface area contributed by atoms with E-state index in [0.717, 1.165) is 16.6 Å². The number of aromatic nitrogens is 1. The van der Waals surface area contributed by atoms with Crippen molar-refractivity contribution in [3.63, 3.8) is 0 Å². The van der Waals surface area contributed by atoms with Crippen molar-refractivity contribution in [3.8, 4) is 0 Å². The van der Waals surface area contributed by atoms with Crippen molar-refractivity contribution in [2.75, 3.05) is 26.8 Å². The molecule has 2 heterocycles. The zero-order chi connectivity index (χ0) is 14.8. The lowest BCUT2D eigenvalue weighted by atomic mass is 10.3. The van der Waals surface area contributed by atoms with Crippen molar-refractivity contribution in [2.45, 2.75) is 11.0 Å². The summed E-state index contributed by atoms with van der Waals surface area (Å²) in [5.41, 5.74) is -0.607. The van der Waals surface area contributed by atoms with Gasteiger partial charge >= 0.3 is 5.97 Å². The minimum Gasteiger partial charge on any atom is -0.467 e. The van der Waals surface area contributed by atoms with Crippen LogP contribution in [0.1, 0.15) is 0 Å². The average molecular weight is 302 g/mol. The predicted octanol–water partition coefficient (Wildman–Crippen LogP) is -1.06. The molecule has 110 valence electrons. The van der Waals surface area contributed by atoms with E-state index >= 15 is 0 Å². The maximum absolute atomic E-state index is 12.4. The molecular weight excluding hydrogens is 288 g/mol. The number of carbonyl (C=O) groups excluding carboxylic acids is 1. The standard InChI is InChI=1S/C11H14N2O6S/c1-18-11(15)9-7-13(4-5-19-9)20(16,17)10-6-12-3-2-8(10)14/h2-3,6,9H,4-5,7H2,1H3,(H,12,14). The molecule has 0 aliphatic carbocycles. The fraction of sp³-hybridized carbons (Fsp3) is 0.455. The van der Waals surface area contributed by atoms with Crippen LogP contribution in [0.2, 0.25) is 0 Å². The molecule has 1 fully saturated rings. The van der Waals surface area contributed by atoms with Crippen LogP contribution in [0, 0.1) is 0 Å². The van der Waals surface area contributed by atoms with Gasteiger partial charge in [-0.3, -0.25) is 4.79 Å². The van der Waals surface area contributed by atoms with Crippen LogP contribution < -0.4 is 5.43 Å². The summed E-state index contributed by atoms with van der Waals surface area (Å²) < 4.78 is 35.5. The number of sulfonamides is 1. The summed E-state index contributed by atoms with van der Waals surface area (Å²) in [5.74, 6) is -0.646. The summed E-state index contributed by atoms with van der Waals surface area (Å²) in [6, 6.07) is 1.13. The molecule has 2 rings (SSSR count). The first-order chi connectivity index (χ1) is 9.46. The highest BCUT2D eigenvalue weighted by atomic mass is 32.2. The zero-order valence-corrected chi connectivity index (χ0v) is 11.6. The van der Waals surface area contributed by atoms with E-state index in [1.165, 1.54) is 13.3 Å². The maximum atomic E-state index is 12.4. The number of nitrogens with one attached hydrogen (secondary N) is 1. The van der Waals surface area contributed by atoms with Crippen LogP contribution in [0.5, 0.6) is 0 Å². The normalized spacial score (nSPS) is 20.6. The molecule has 0 radical (unpaired) electrons. The van der Waals surface area contributed by atoms with Gasteiger partial charge in [0.15, 0.2) is 6.10 Å². The Labute approximate surface area is 115 Å². The molecule has 0 spiro atoms. The van der Waals surface area contributed by atoms with Gasteiger partial charge in [0.25, 0.3) is 0 Å². The zero-order valence-electron chi connectivity index (χ0n) is 10.7. The summed E-state index contributed by atoms with van der Waals surface area (Å²) in [4.78, 5) is 25.2. The monoisotopic (exact) mass is 302 g/mol. The maximum Gasteiger partial charge on any atom is 0.336 e. The SMILES string of the molecule is COC(=O)C1CN(S(=O)(=O)c2c[nH]ccc2=O)CCO1. The summed E-state index contributed by atoms with van der Waals surface area (Å²) in [6.07, 6.45) is 1.49. The minimum atomic E-state index is -3.97. The molecule has 0 saturated carbocycles. The summed E-state index contributed by atoms with van der Waals surface area (Å²) in [7, 11) is -2.77. The molecular formula is C11H14N2O6S. The first-order valence-electron chi connectivity index (χ1n) is 5.83. The molecule has 1 aromatic rings. The third-order valence-electron chi connectivity index (χ3n) is 2.90. The van der Waals surface area contributed by atoms with E-state index in [0.29, 0.717) is 0 Å². The number of aromatic amines is 1. The summed E-state index contributed by atoms with van der Waals surface area (Å²) in [5, 5.41) is 0. The highest BCUT2D eigenvalue weighted by Crippen LogP contribution is 2.16. The van der Waals surface area contributed by atoms with Gasteiger partial charge in [0.2, 0.25) is 15.5 Å². The number of esters is 1. The van der Waals surface area contributed by atoms with Crippen LogP contribution in [-0.4, -0.2) is 56.6 Å². The molecule has 1 unspecified atom stereocenters. The van der Waals surface area contributed by atoms with Crippen LogP contribution >= 0.6 is 0 Å². The molecule has 0 amide bonds. The third kappa shape index (κ3) is 2.74. The molecule has 1 N–H and O–H groups in total. The highest BCUT2D eigenvalue weighted by Gasteiger charge is 2.35. The lowest BCUT2D eigenvalue weighted by Gasteiger charge is -2.30. The van der Waals surface area contributed by atoms with Crippen LogP contribution in [0.25, 0.3) is 0 Å². The molecule has 1 atom stereocenters. The summed E-state index contributed by atoms with van der Waals surface area (Å²) in [6.45, 7) is -0.0444. The second kappa shape index (κ2) is 5.73. The topological polar surface area (TPSA) is 106 Å². The number of carbonyl (C=O) groups is 1. The van der Waals surface area contributed by atoms with Crippen molar-refractivity contribution < 1.29 is 22.7 Å². The van der Waals surface area contributed by atoms with Gasteiger partial charge in [-0.2, -0.15) is 4.31 Å². The van der Waals surface area contributed by atoms with E-state index in [-0.39, 0.29) is 24.6 Å². The van der Waals surface area contributed by atoms with Crippen LogP contribution in [0.15, 0.2) is 28.2 Å². The number of nitrogens with zero attached hydrogens (tertiary/aromatic N) is 1. The Hall–Kier alpha value is -1.71. The van der Waals surface area contributed by atoms with Gasteiger partial charge < -0.3 is 14.5 Å². The number of ether oxygens (including phenoxy) is 2. The van der Waals surface area contributed by atoms with Crippen molar-refractivity contribution in [3.05, 3.63) is 28.7 Å². The first-order valence-corrected chi connectivity index (χ1v) is 7.27. The van der Waals surface area contributed by atoms with Crippen LogP contribution in [0.4, 0.5) is 0 Å². The number of methoxy groups -OCH3 is 1. The predicted molar refractivity (Wildman–Crippen MR) is 67.6 cm³/mol. The van der Waals surface area contributed by atoms with Crippen molar-refractivity contribution >= 4 is 16.0 Å². The van der Waals surface area contributed by atoms with Crippen molar-refractivity contribution in [1.82, 2.24) is 9.29 Å². The number of hydrogen-bond donors (Lipinski definition) is 1. The van der Waals surface area contributed by atoms with Gasteiger partial charge in [-0.1, -0.05) is 0 Å². The highest BCUT2D eigenvalue weighted by molar-refractivity contribution is 7.89. The van der Waals surface area contributed by atoms with Gasteiger partial charge in [0.1, 0.15) is 4.90 Å². The molecule has 1 aliphatic heterocycles. The smallest absolute Gasteiger partial charge is 0.336 e. The van der Waals surface area contributed by atoms with Gasteiger partial charge in [-0.25, -0.2) is 13.2 Å². The Morgan fingerprint density at radius 1 is 1.55 bits per heavy atom. The van der Waals surface area contributed by atoms with E-state index < -0.39 is 27.5 Å². The largest absolute Gasteiger partial charge is 0.467 e. The second-order valence-electron chi connectivity index (χ2n) is 4.12. The van der Waals surface area contributed by atoms with Crippen molar-refractivity contribution in [1.29, 1.82) is 0 Å². The number of morpholine rings is 1. The van der Waals surface area contributed by atoms with Gasteiger partial charge in [-0.05, 0) is 0 Å². The third-order valence-corrected chi connectivity index (χ3v) is 4.79. The number of pyridine rings is 1. The quantitative estimate of drug-likeness (QED) is 0.713. The molecule has 20 heavy (non-hydrogen) atoms. The molecule has 0 bridgehead atoms. The van der Waals surface area contributed by atoms with E-state index in [1.54, 1.807) is 0 Å². The molecule has 1 saturated heterocycles. The fourth-order valence-electron chi connectivity index (χ4n) is 1.86. The van der Waals surface area contributed by atoms with E-state index in [1.807, 2.05) is 0 Å². The van der Waals surface area contributed by atoms with E-state index in [4.69, 9.17) is 4.74 Å². The second-order valence-corrected chi connectivity index (χ2v) is 6.02. The number of H-pyrrole nitrogens is 1. The molecule has 1 aromatic heterocycles. The molecule has 1 aliphatic rings. The van der Waals surface area contributed by atoms with Crippen molar-refractivity contribution in [2.24, 2.45) is 0 Å². The summed E-state index contributed by atoms with van der Waals surface area (Å²) >= 11 is 0. The Morgan fingerprint density at radius 2 is 2.30 bits per heavy atom. The molecule has 8 nitrogen and oxygen atoms in total. The van der Waals surface area contributed by atoms with Gasteiger partial charge in [0, 0.05) is 25.0 Å². The van der Waals surface area contributed by atoms with E-state index in [2.05, 4.69) is 9.72 Å². The first kappa shape index (κ1) is 14.7. The molecule has 0 aromatic carbocycles. The fourth-order valence-corrected chi connectivity index (χ4v) is 3.32. The Bertz CT molecular complexity index is 653. The minimum absolute atomic E-state index is 0.0593. The van der Waals surface area contributed by atoms with Crippen LogP contribution in [0.3, 0.4) is 0 Å². The van der Waals surface area contributed by atoms with Gasteiger partial charge in [0.05, 0.1) is 20.3 Å². The Kier molecular flexibility index (Phi) is 4.21. The lowest BCUT2D eigenvalue weighted by molar-refractivity contribution is -0.157. The Morgan fingerprint density at radius 3 is 2.95 bits per heavy atom.